The topological polar surface area (TPSA) is 87.8 Å². The molecule has 0 spiro atoms. The van der Waals surface area contributed by atoms with Crippen LogP contribution in [-0.2, 0) is 4.74 Å². The number of nitrogen functional groups attached to an aromatic ring is 1. The standard InChI is InChI=1S/C14H21N3O3/c1-14(2)9-17(7-12(8-18)20-14)13(19)16-11-5-3-4-10(15)6-11/h3-6,12,18H,7-9,15H2,1-2H3,(H,16,19). The molecule has 0 aromatic heterocycles. The number of morpholine rings is 1. The van der Waals surface area contributed by atoms with Gasteiger partial charge in [0.25, 0.3) is 0 Å². The highest BCUT2D eigenvalue weighted by Crippen LogP contribution is 2.22. The van der Waals surface area contributed by atoms with Crippen LogP contribution in [0.4, 0.5) is 16.2 Å². The lowest BCUT2D eigenvalue weighted by Crippen LogP contribution is -2.56. The number of hydrogen-bond acceptors (Lipinski definition) is 4. The van der Waals surface area contributed by atoms with E-state index in [9.17, 15) is 9.90 Å². The number of carbonyl (C=O) groups excluding carboxylic acids is 1. The number of hydrogen-bond donors (Lipinski definition) is 3. The molecular formula is C14H21N3O3. The van der Waals surface area contributed by atoms with Gasteiger partial charge < -0.3 is 25.8 Å². The molecule has 2 rings (SSSR count). The number of aliphatic hydroxyl groups is 1. The smallest absolute Gasteiger partial charge is 0.322 e. The van der Waals surface area contributed by atoms with Crippen LogP contribution in [0.3, 0.4) is 0 Å². The lowest BCUT2D eigenvalue weighted by Gasteiger charge is -2.42. The fourth-order valence-corrected chi connectivity index (χ4v) is 2.36. The molecule has 2 amide bonds. The number of benzene rings is 1. The number of rotatable bonds is 2. The minimum absolute atomic E-state index is 0.106. The molecule has 20 heavy (non-hydrogen) atoms. The van der Waals surface area contributed by atoms with Crippen molar-refractivity contribution in [3.05, 3.63) is 24.3 Å². The van der Waals surface area contributed by atoms with Crippen LogP contribution < -0.4 is 11.1 Å². The first-order valence-electron chi connectivity index (χ1n) is 6.60. The van der Waals surface area contributed by atoms with Crippen molar-refractivity contribution >= 4 is 17.4 Å². The monoisotopic (exact) mass is 279 g/mol. The van der Waals surface area contributed by atoms with Crippen LogP contribution in [-0.4, -0.2) is 47.4 Å². The molecule has 1 atom stereocenters. The van der Waals surface area contributed by atoms with Crippen molar-refractivity contribution in [2.75, 3.05) is 30.7 Å². The Balaban J connectivity index is 2.04. The van der Waals surface area contributed by atoms with E-state index in [4.69, 9.17) is 10.5 Å². The zero-order valence-corrected chi connectivity index (χ0v) is 11.8. The Morgan fingerprint density at radius 3 is 3.00 bits per heavy atom. The van der Waals surface area contributed by atoms with Gasteiger partial charge in [0, 0.05) is 11.4 Å². The minimum Gasteiger partial charge on any atom is -0.399 e. The molecule has 110 valence electrons. The van der Waals surface area contributed by atoms with Crippen LogP contribution in [0.5, 0.6) is 0 Å². The van der Waals surface area contributed by atoms with Gasteiger partial charge in [0.2, 0.25) is 0 Å². The van der Waals surface area contributed by atoms with E-state index in [1.807, 2.05) is 13.8 Å². The first-order valence-corrected chi connectivity index (χ1v) is 6.60. The molecule has 0 aliphatic carbocycles. The first-order chi connectivity index (χ1) is 9.39. The first kappa shape index (κ1) is 14.6. The summed E-state index contributed by atoms with van der Waals surface area (Å²) in [6.07, 6.45) is -0.356. The molecule has 1 heterocycles. The number of aliphatic hydroxyl groups excluding tert-OH is 1. The fraction of sp³-hybridized carbons (Fsp3) is 0.500. The van der Waals surface area contributed by atoms with Gasteiger partial charge in [0.05, 0.1) is 31.4 Å². The number of nitrogens with one attached hydrogen (secondary N) is 1. The molecule has 6 nitrogen and oxygen atoms in total. The van der Waals surface area contributed by atoms with Crippen molar-refractivity contribution in [3.8, 4) is 0 Å². The van der Waals surface area contributed by atoms with Crippen molar-refractivity contribution in [2.24, 2.45) is 0 Å². The summed E-state index contributed by atoms with van der Waals surface area (Å²) in [6, 6.07) is 6.81. The Labute approximate surface area is 118 Å². The second kappa shape index (κ2) is 5.68. The molecule has 1 aromatic carbocycles. The molecule has 1 saturated heterocycles. The molecular weight excluding hydrogens is 258 g/mol. The Kier molecular flexibility index (Phi) is 4.15. The average Bonchev–Trinajstić information content (AvgIpc) is 2.36. The highest BCUT2D eigenvalue weighted by molar-refractivity contribution is 5.90. The van der Waals surface area contributed by atoms with Gasteiger partial charge in [-0.1, -0.05) is 6.07 Å². The molecule has 1 aromatic rings. The lowest BCUT2D eigenvalue weighted by atomic mass is 10.1. The third kappa shape index (κ3) is 3.61. The molecule has 1 unspecified atom stereocenters. The fourth-order valence-electron chi connectivity index (χ4n) is 2.36. The highest BCUT2D eigenvalue weighted by atomic mass is 16.5. The molecule has 4 N–H and O–H groups in total. The lowest BCUT2D eigenvalue weighted by molar-refractivity contribution is -0.137. The van der Waals surface area contributed by atoms with E-state index in [1.54, 1.807) is 29.2 Å². The molecule has 1 aliphatic heterocycles. The normalized spacial score (nSPS) is 21.6. The largest absolute Gasteiger partial charge is 0.399 e. The summed E-state index contributed by atoms with van der Waals surface area (Å²) in [5.41, 5.74) is 6.46. The van der Waals surface area contributed by atoms with Crippen molar-refractivity contribution in [2.45, 2.75) is 25.6 Å². The van der Waals surface area contributed by atoms with Crippen LogP contribution in [0.2, 0.25) is 0 Å². The number of anilines is 2. The van der Waals surface area contributed by atoms with Crippen molar-refractivity contribution in [1.82, 2.24) is 4.90 Å². The number of urea groups is 1. The van der Waals surface area contributed by atoms with Crippen LogP contribution in [0.1, 0.15) is 13.8 Å². The third-order valence-electron chi connectivity index (χ3n) is 3.11. The van der Waals surface area contributed by atoms with Gasteiger partial charge in [-0.15, -0.1) is 0 Å². The minimum atomic E-state index is -0.474. The SMILES string of the molecule is CC1(C)CN(C(=O)Nc2cccc(N)c2)CC(CO)O1. The second-order valence-electron chi connectivity index (χ2n) is 5.62. The van der Waals surface area contributed by atoms with Crippen molar-refractivity contribution in [3.63, 3.8) is 0 Å². The van der Waals surface area contributed by atoms with Gasteiger partial charge in [0.15, 0.2) is 0 Å². The predicted octanol–water partition coefficient (Wildman–Crippen LogP) is 1.27. The molecule has 0 bridgehead atoms. The van der Waals surface area contributed by atoms with Gasteiger partial charge in [-0.3, -0.25) is 0 Å². The summed E-state index contributed by atoms with van der Waals surface area (Å²) >= 11 is 0. The Bertz CT molecular complexity index is 490. The highest BCUT2D eigenvalue weighted by Gasteiger charge is 2.35. The summed E-state index contributed by atoms with van der Waals surface area (Å²) in [7, 11) is 0. The molecule has 6 heteroatoms. The Morgan fingerprint density at radius 1 is 1.60 bits per heavy atom. The average molecular weight is 279 g/mol. The van der Waals surface area contributed by atoms with Gasteiger partial charge in [0.1, 0.15) is 0 Å². The maximum atomic E-state index is 12.3. The van der Waals surface area contributed by atoms with E-state index in [-0.39, 0.29) is 18.7 Å². The number of amides is 2. The molecule has 1 aliphatic rings. The summed E-state index contributed by atoms with van der Waals surface area (Å²) in [5.74, 6) is 0. The van der Waals surface area contributed by atoms with Gasteiger partial charge >= 0.3 is 6.03 Å². The van der Waals surface area contributed by atoms with Gasteiger partial charge in [-0.05, 0) is 32.0 Å². The number of nitrogens with two attached hydrogens (primary N) is 1. The van der Waals surface area contributed by atoms with Gasteiger partial charge in [-0.25, -0.2) is 4.79 Å². The summed E-state index contributed by atoms with van der Waals surface area (Å²) in [4.78, 5) is 13.9. The Hall–Kier alpha value is -1.79. The van der Waals surface area contributed by atoms with Crippen LogP contribution >= 0.6 is 0 Å². The molecule has 1 fully saturated rings. The maximum absolute atomic E-state index is 12.3. The quantitative estimate of drug-likeness (QED) is 0.711. The summed E-state index contributed by atoms with van der Waals surface area (Å²) in [5, 5.41) is 12.1. The van der Waals surface area contributed by atoms with Crippen LogP contribution in [0.15, 0.2) is 24.3 Å². The van der Waals surface area contributed by atoms with Crippen molar-refractivity contribution < 1.29 is 14.6 Å². The number of carbonyl (C=O) groups is 1. The van der Waals surface area contributed by atoms with E-state index < -0.39 is 5.60 Å². The third-order valence-corrected chi connectivity index (χ3v) is 3.11. The van der Waals surface area contributed by atoms with E-state index in [2.05, 4.69) is 5.32 Å². The van der Waals surface area contributed by atoms with E-state index in [0.717, 1.165) is 0 Å². The zero-order valence-electron chi connectivity index (χ0n) is 11.8. The van der Waals surface area contributed by atoms with E-state index in [1.165, 1.54) is 0 Å². The van der Waals surface area contributed by atoms with Crippen molar-refractivity contribution in [1.29, 1.82) is 0 Å². The van der Waals surface area contributed by atoms with Crippen LogP contribution in [0, 0.1) is 0 Å². The number of ether oxygens (including phenoxy) is 1. The second-order valence-corrected chi connectivity index (χ2v) is 5.62. The van der Waals surface area contributed by atoms with E-state index in [0.29, 0.717) is 24.5 Å². The molecule has 0 radical (unpaired) electrons. The summed E-state index contributed by atoms with van der Waals surface area (Å²) in [6.45, 7) is 4.53. The maximum Gasteiger partial charge on any atom is 0.322 e. The predicted molar refractivity (Wildman–Crippen MR) is 77.5 cm³/mol. The Morgan fingerprint density at radius 2 is 2.35 bits per heavy atom. The van der Waals surface area contributed by atoms with E-state index >= 15 is 0 Å². The number of nitrogens with zero attached hydrogens (tertiary/aromatic N) is 1. The zero-order chi connectivity index (χ0) is 14.8. The molecule has 0 saturated carbocycles. The van der Waals surface area contributed by atoms with Gasteiger partial charge in [-0.2, -0.15) is 0 Å². The summed E-state index contributed by atoms with van der Waals surface area (Å²) < 4.78 is 5.68. The van der Waals surface area contributed by atoms with Crippen LogP contribution in [0.25, 0.3) is 0 Å².